The van der Waals surface area contributed by atoms with E-state index >= 15 is 0 Å². The first-order chi connectivity index (χ1) is 26.7. The number of likely N-dealkylation sites (tertiary alicyclic amines) is 2. The Morgan fingerprint density at radius 3 is 1.80 bits per heavy atom. The quantitative estimate of drug-likeness (QED) is 0.0703. The number of hydrogen-bond donors (Lipinski definition) is 3. The molecule has 0 bridgehead atoms. The zero-order chi connectivity index (χ0) is 39.7. The lowest BCUT2D eigenvalue weighted by Crippen LogP contribution is -2.43. The summed E-state index contributed by atoms with van der Waals surface area (Å²) in [5.41, 5.74) is 2.18. The Balaban J connectivity index is 0.000000296. The van der Waals surface area contributed by atoms with Crippen LogP contribution in [0.25, 0.3) is 0 Å². The average Bonchev–Trinajstić information content (AvgIpc) is 3.18. The van der Waals surface area contributed by atoms with E-state index in [9.17, 15) is 29.4 Å². The smallest absolute Gasteiger partial charge is 0.305 e. The predicted octanol–water partition coefficient (Wildman–Crippen LogP) is 6.99. The number of carboxylic acids is 1. The van der Waals surface area contributed by atoms with E-state index in [0.29, 0.717) is 51.5 Å². The molecule has 2 fully saturated rings. The number of aliphatic carboxylic acids is 1. The van der Waals surface area contributed by atoms with Gasteiger partial charge in [-0.1, -0.05) is 110 Å². The van der Waals surface area contributed by atoms with Gasteiger partial charge in [0.05, 0.1) is 31.4 Å². The summed E-state index contributed by atoms with van der Waals surface area (Å²) >= 11 is 0. The number of carboxylic acid groups (broad SMARTS) is 1. The summed E-state index contributed by atoms with van der Waals surface area (Å²) in [6, 6.07) is 19.8. The molecule has 10 nitrogen and oxygen atoms in total. The van der Waals surface area contributed by atoms with Crippen LogP contribution in [0.3, 0.4) is 0 Å². The number of esters is 1. The second-order valence-corrected chi connectivity index (χ2v) is 14.3. The highest BCUT2D eigenvalue weighted by Crippen LogP contribution is 2.22. The summed E-state index contributed by atoms with van der Waals surface area (Å²) in [5, 5.41) is 29.2. The van der Waals surface area contributed by atoms with Crippen molar-refractivity contribution in [3.8, 4) is 0 Å². The summed E-state index contributed by atoms with van der Waals surface area (Å²) < 4.78 is 4.64. The Morgan fingerprint density at radius 1 is 0.727 bits per heavy atom. The Bertz CT molecular complexity index is 1510. The van der Waals surface area contributed by atoms with E-state index < -0.39 is 18.2 Å². The van der Waals surface area contributed by atoms with E-state index in [1.54, 1.807) is 6.08 Å². The summed E-state index contributed by atoms with van der Waals surface area (Å²) in [7, 11) is 1.41. The standard InChI is InChI=1S/C23H33NO4.C22H29NO4/c1-28-23(27)14-7-2-3-8-17-24-20(12-9-13-22(24)26)15-16-21(25)18-19-10-5-4-6-11-19;24-20(17-18-9-4-3-5-10-18)15-14-19-11-8-12-21(25)23(19)16-7-2-1-6-13-22(26)27/h4-6,10-11,15-16,20-21,25H,2-3,7-9,12-14,17-18H2,1H3;2-5,7,9-10,14-15,19-20,24H,1,6,8,11-13,16-17H2,(H,26,27)/b16-15+;7-2-,15-14+/t20-,21?;19-,20?/m11/s1. The summed E-state index contributed by atoms with van der Waals surface area (Å²) in [6.07, 6.45) is 21.9. The molecule has 2 unspecified atom stereocenters. The van der Waals surface area contributed by atoms with E-state index in [-0.39, 0.29) is 36.3 Å². The van der Waals surface area contributed by atoms with Crippen LogP contribution in [0.2, 0.25) is 0 Å². The molecule has 55 heavy (non-hydrogen) atoms. The third-order valence-electron chi connectivity index (χ3n) is 9.90. The van der Waals surface area contributed by atoms with Crippen molar-refractivity contribution >= 4 is 23.8 Å². The minimum absolute atomic E-state index is 0.000318. The van der Waals surface area contributed by atoms with Gasteiger partial charge >= 0.3 is 11.9 Å². The Labute approximate surface area is 327 Å². The molecule has 0 aromatic heterocycles. The number of amides is 2. The van der Waals surface area contributed by atoms with Crippen molar-refractivity contribution in [1.82, 2.24) is 9.80 Å². The molecule has 4 rings (SSSR count). The van der Waals surface area contributed by atoms with Crippen molar-refractivity contribution in [2.75, 3.05) is 20.2 Å². The Kier molecular flexibility index (Phi) is 21.4. The van der Waals surface area contributed by atoms with Gasteiger partial charge in [-0.25, -0.2) is 0 Å². The number of methoxy groups -OCH3 is 1. The lowest BCUT2D eigenvalue weighted by Gasteiger charge is -2.34. The van der Waals surface area contributed by atoms with Crippen molar-refractivity contribution < 1.29 is 39.2 Å². The van der Waals surface area contributed by atoms with E-state index in [1.807, 2.05) is 101 Å². The molecule has 0 aliphatic carbocycles. The number of rotatable bonds is 21. The van der Waals surface area contributed by atoms with Gasteiger partial charge < -0.3 is 29.9 Å². The lowest BCUT2D eigenvalue weighted by molar-refractivity contribution is -0.141. The SMILES string of the molecule is COC(=O)CCCCCCN1C(=O)CCC[C@@H]1/C=C/C(O)Cc1ccccc1.O=C(O)CCC/C=C\CN1C(=O)CCC[C@@H]1/C=C/C(O)Cc1ccccc1. The maximum atomic E-state index is 12.4. The molecule has 2 aromatic rings. The van der Waals surface area contributed by atoms with Gasteiger partial charge in [0, 0.05) is 51.6 Å². The first kappa shape index (κ1) is 44.9. The van der Waals surface area contributed by atoms with Crippen LogP contribution in [-0.4, -0.2) is 93.4 Å². The van der Waals surface area contributed by atoms with E-state index in [1.165, 1.54) is 7.11 Å². The number of unbranched alkanes of at least 4 members (excludes halogenated alkanes) is 4. The number of carbonyl (C=O) groups excluding carboxylic acids is 3. The van der Waals surface area contributed by atoms with Crippen molar-refractivity contribution in [3.05, 3.63) is 108 Å². The highest BCUT2D eigenvalue weighted by atomic mass is 16.5. The Hall–Kier alpha value is -4.54. The van der Waals surface area contributed by atoms with Crippen LogP contribution in [0.5, 0.6) is 0 Å². The van der Waals surface area contributed by atoms with Gasteiger partial charge in [0.2, 0.25) is 11.8 Å². The number of hydrogen-bond acceptors (Lipinski definition) is 7. The van der Waals surface area contributed by atoms with Crippen LogP contribution in [0.15, 0.2) is 97.1 Å². The fourth-order valence-electron chi connectivity index (χ4n) is 6.87. The molecule has 2 aromatic carbocycles. The van der Waals surface area contributed by atoms with Gasteiger partial charge in [-0.05, 0) is 62.5 Å². The first-order valence-electron chi connectivity index (χ1n) is 20.0. The summed E-state index contributed by atoms with van der Waals surface area (Å²) in [6.45, 7) is 1.26. The molecule has 0 saturated carbocycles. The minimum atomic E-state index is -0.783. The number of nitrogens with zero attached hydrogens (tertiary/aromatic N) is 2. The minimum Gasteiger partial charge on any atom is -0.481 e. The fraction of sp³-hybridized carbons (Fsp3) is 0.511. The maximum Gasteiger partial charge on any atom is 0.305 e. The van der Waals surface area contributed by atoms with Crippen molar-refractivity contribution in [1.29, 1.82) is 0 Å². The molecule has 4 atom stereocenters. The Morgan fingerprint density at radius 2 is 1.25 bits per heavy atom. The lowest BCUT2D eigenvalue weighted by atomic mass is 9.99. The van der Waals surface area contributed by atoms with Gasteiger partial charge in [-0.3, -0.25) is 19.2 Å². The van der Waals surface area contributed by atoms with Crippen molar-refractivity contribution in [2.24, 2.45) is 0 Å². The molecule has 0 radical (unpaired) electrons. The molecule has 2 aliphatic heterocycles. The maximum absolute atomic E-state index is 12.4. The van der Waals surface area contributed by atoms with Crippen LogP contribution in [0.4, 0.5) is 0 Å². The number of aliphatic hydroxyl groups is 2. The zero-order valence-electron chi connectivity index (χ0n) is 32.6. The molecule has 2 saturated heterocycles. The number of carbonyl (C=O) groups is 4. The average molecular weight is 759 g/mol. The monoisotopic (exact) mass is 758 g/mol. The molecule has 0 spiro atoms. The highest BCUT2D eigenvalue weighted by molar-refractivity contribution is 5.78. The van der Waals surface area contributed by atoms with Crippen LogP contribution in [-0.2, 0) is 36.8 Å². The van der Waals surface area contributed by atoms with Gasteiger partial charge in [-0.15, -0.1) is 0 Å². The summed E-state index contributed by atoms with van der Waals surface area (Å²) in [5.74, 6) is -0.615. The van der Waals surface area contributed by atoms with Crippen LogP contribution >= 0.6 is 0 Å². The normalized spacial score (nSPS) is 18.7. The third-order valence-corrected chi connectivity index (χ3v) is 9.90. The van der Waals surface area contributed by atoms with Gasteiger partial charge in [0.25, 0.3) is 0 Å². The number of aliphatic hydroxyl groups excluding tert-OH is 2. The fourth-order valence-corrected chi connectivity index (χ4v) is 6.87. The van der Waals surface area contributed by atoms with E-state index in [4.69, 9.17) is 5.11 Å². The van der Waals surface area contributed by atoms with Gasteiger partial charge in [0.15, 0.2) is 0 Å². The number of benzene rings is 2. The van der Waals surface area contributed by atoms with Crippen LogP contribution in [0.1, 0.15) is 101 Å². The van der Waals surface area contributed by atoms with Crippen LogP contribution in [0, 0.1) is 0 Å². The number of allylic oxidation sites excluding steroid dienone is 1. The molecule has 3 N–H and O–H groups in total. The second-order valence-electron chi connectivity index (χ2n) is 14.3. The van der Waals surface area contributed by atoms with Crippen LogP contribution < -0.4 is 0 Å². The third kappa shape index (κ3) is 18.6. The molecule has 300 valence electrons. The highest BCUT2D eigenvalue weighted by Gasteiger charge is 2.26. The van der Waals surface area contributed by atoms with Crippen molar-refractivity contribution in [3.63, 3.8) is 0 Å². The van der Waals surface area contributed by atoms with Gasteiger partial charge in [-0.2, -0.15) is 0 Å². The molecule has 2 amide bonds. The zero-order valence-corrected chi connectivity index (χ0v) is 32.6. The molecule has 2 heterocycles. The van der Waals surface area contributed by atoms with Crippen molar-refractivity contribution in [2.45, 2.75) is 127 Å². The first-order valence-corrected chi connectivity index (χ1v) is 20.0. The molecular formula is C45H62N2O8. The summed E-state index contributed by atoms with van der Waals surface area (Å²) in [4.78, 5) is 50.0. The molecule has 10 heteroatoms. The van der Waals surface area contributed by atoms with E-state index in [2.05, 4.69) is 4.74 Å². The predicted molar refractivity (Wildman–Crippen MR) is 215 cm³/mol. The number of piperidine rings is 2. The van der Waals surface area contributed by atoms with Gasteiger partial charge in [0.1, 0.15) is 0 Å². The number of ether oxygens (including phenoxy) is 1. The topological polar surface area (TPSA) is 145 Å². The molecular weight excluding hydrogens is 697 g/mol. The molecule has 2 aliphatic rings. The largest absolute Gasteiger partial charge is 0.481 e. The second kappa shape index (κ2) is 26.3. The van der Waals surface area contributed by atoms with E-state index in [0.717, 1.165) is 69.0 Å².